The van der Waals surface area contributed by atoms with E-state index in [4.69, 9.17) is 22.4 Å². The van der Waals surface area contributed by atoms with Crippen LogP contribution in [0.3, 0.4) is 0 Å². The molecule has 8 heteroatoms. The molecule has 4 N–H and O–H groups in total. The van der Waals surface area contributed by atoms with Crippen molar-refractivity contribution in [1.82, 2.24) is 5.32 Å². The van der Waals surface area contributed by atoms with Gasteiger partial charge in [0.2, 0.25) is 5.91 Å². The average molecular weight is 289 g/mol. The van der Waals surface area contributed by atoms with E-state index in [0.29, 0.717) is 0 Å². The van der Waals surface area contributed by atoms with Gasteiger partial charge in [0.15, 0.2) is 0 Å². The minimum atomic E-state index is -1.47. The van der Waals surface area contributed by atoms with Gasteiger partial charge >= 0.3 is 5.97 Å². The lowest BCUT2D eigenvalue weighted by atomic mass is 10.1. The SMILES string of the molecule is NC(=O)C[C@@H](NC(=O)c1ccc(Cl)c(F)c1)C(=O)O. The van der Waals surface area contributed by atoms with E-state index < -0.39 is 36.1 Å². The predicted molar refractivity (Wildman–Crippen MR) is 64.1 cm³/mol. The summed E-state index contributed by atoms with van der Waals surface area (Å²) in [7, 11) is 0. The quantitative estimate of drug-likeness (QED) is 0.734. The van der Waals surface area contributed by atoms with Crippen molar-refractivity contribution < 1.29 is 23.9 Å². The normalized spacial score (nSPS) is 11.7. The molecule has 0 fully saturated rings. The minimum Gasteiger partial charge on any atom is -0.480 e. The molecule has 1 atom stereocenters. The van der Waals surface area contributed by atoms with Crippen molar-refractivity contribution in [2.75, 3.05) is 0 Å². The first-order valence-corrected chi connectivity index (χ1v) is 5.46. The van der Waals surface area contributed by atoms with Gasteiger partial charge in [0, 0.05) is 5.56 Å². The molecular formula is C11H10ClFN2O4. The molecule has 19 heavy (non-hydrogen) atoms. The van der Waals surface area contributed by atoms with Crippen LogP contribution in [0.4, 0.5) is 4.39 Å². The van der Waals surface area contributed by atoms with E-state index in [-0.39, 0.29) is 10.6 Å². The molecule has 0 aliphatic carbocycles. The molecule has 0 saturated carbocycles. The van der Waals surface area contributed by atoms with E-state index in [1.807, 2.05) is 0 Å². The number of hydrogen-bond acceptors (Lipinski definition) is 3. The first kappa shape index (κ1) is 14.9. The van der Waals surface area contributed by atoms with E-state index in [1.54, 1.807) is 0 Å². The summed E-state index contributed by atoms with van der Waals surface area (Å²) in [5.74, 6) is -3.95. The fourth-order valence-electron chi connectivity index (χ4n) is 1.28. The second-order valence-corrected chi connectivity index (χ2v) is 4.07. The van der Waals surface area contributed by atoms with Crippen molar-refractivity contribution in [3.05, 3.63) is 34.6 Å². The Kier molecular flexibility index (Phi) is 4.82. The summed E-state index contributed by atoms with van der Waals surface area (Å²) in [6.45, 7) is 0. The van der Waals surface area contributed by atoms with Gasteiger partial charge in [-0.1, -0.05) is 11.6 Å². The standard InChI is InChI=1S/C11H10ClFN2O4/c12-6-2-1-5(3-7(6)13)10(17)15-8(11(18)19)4-9(14)16/h1-3,8H,4H2,(H2,14,16)(H,15,17)(H,18,19)/t8-/m1/s1. The Morgan fingerprint density at radius 3 is 2.53 bits per heavy atom. The number of rotatable bonds is 5. The maximum Gasteiger partial charge on any atom is 0.326 e. The fourth-order valence-corrected chi connectivity index (χ4v) is 1.40. The highest BCUT2D eigenvalue weighted by Gasteiger charge is 2.23. The molecule has 2 amide bonds. The zero-order valence-electron chi connectivity index (χ0n) is 9.52. The van der Waals surface area contributed by atoms with Gasteiger partial charge in [-0.05, 0) is 18.2 Å². The van der Waals surface area contributed by atoms with Crippen LogP contribution in [0, 0.1) is 5.82 Å². The van der Waals surface area contributed by atoms with Gasteiger partial charge in [-0.3, -0.25) is 9.59 Å². The van der Waals surface area contributed by atoms with Crippen LogP contribution in [0.1, 0.15) is 16.8 Å². The first-order chi connectivity index (χ1) is 8.81. The Hall–Kier alpha value is -2.15. The number of halogens is 2. The summed E-state index contributed by atoms with van der Waals surface area (Å²) < 4.78 is 13.1. The summed E-state index contributed by atoms with van der Waals surface area (Å²) in [6.07, 6.45) is -0.558. The van der Waals surface area contributed by atoms with E-state index >= 15 is 0 Å². The van der Waals surface area contributed by atoms with Crippen LogP contribution >= 0.6 is 11.6 Å². The number of amides is 2. The van der Waals surface area contributed by atoms with Gasteiger partial charge in [-0.15, -0.1) is 0 Å². The van der Waals surface area contributed by atoms with Crippen molar-refractivity contribution in [2.24, 2.45) is 5.73 Å². The number of carboxylic acid groups (broad SMARTS) is 1. The highest BCUT2D eigenvalue weighted by molar-refractivity contribution is 6.30. The number of carbonyl (C=O) groups is 3. The van der Waals surface area contributed by atoms with Gasteiger partial charge in [-0.2, -0.15) is 0 Å². The van der Waals surface area contributed by atoms with Gasteiger partial charge < -0.3 is 16.2 Å². The fraction of sp³-hybridized carbons (Fsp3) is 0.182. The van der Waals surface area contributed by atoms with Crippen LogP contribution in [0.25, 0.3) is 0 Å². The van der Waals surface area contributed by atoms with Gasteiger partial charge in [0.05, 0.1) is 11.4 Å². The number of nitrogens with two attached hydrogens (primary N) is 1. The van der Waals surface area contributed by atoms with Crippen molar-refractivity contribution in [1.29, 1.82) is 0 Å². The topological polar surface area (TPSA) is 109 Å². The number of aliphatic carboxylic acids is 1. The van der Waals surface area contributed by atoms with Gasteiger partial charge in [0.25, 0.3) is 5.91 Å². The molecule has 0 aromatic heterocycles. The smallest absolute Gasteiger partial charge is 0.326 e. The maximum absolute atomic E-state index is 13.1. The lowest BCUT2D eigenvalue weighted by Crippen LogP contribution is -2.43. The largest absolute Gasteiger partial charge is 0.480 e. The molecule has 0 spiro atoms. The zero-order valence-corrected chi connectivity index (χ0v) is 10.3. The Labute approximate surface area is 112 Å². The molecule has 102 valence electrons. The third kappa shape index (κ3) is 4.22. The third-order valence-electron chi connectivity index (χ3n) is 2.19. The minimum absolute atomic E-state index is 0.113. The highest BCUT2D eigenvalue weighted by Crippen LogP contribution is 2.15. The second-order valence-electron chi connectivity index (χ2n) is 3.66. The molecule has 0 aliphatic heterocycles. The summed E-state index contributed by atoms with van der Waals surface area (Å²) in [5, 5.41) is 10.7. The third-order valence-corrected chi connectivity index (χ3v) is 2.50. The summed E-state index contributed by atoms with van der Waals surface area (Å²) >= 11 is 5.45. The summed E-state index contributed by atoms with van der Waals surface area (Å²) in [6, 6.07) is 1.78. The molecule has 6 nitrogen and oxygen atoms in total. The molecule has 0 aliphatic rings. The van der Waals surface area contributed by atoms with E-state index in [0.717, 1.165) is 12.1 Å². The molecule has 0 heterocycles. The second kappa shape index (κ2) is 6.14. The van der Waals surface area contributed by atoms with Crippen molar-refractivity contribution in [2.45, 2.75) is 12.5 Å². The average Bonchev–Trinajstić information content (AvgIpc) is 2.31. The molecule has 0 saturated heterocycles. The number of carboxylic acids is 1. The first-order valence-electron chi connectivity index (χ1n) is 5.08. The van der Waals surface area contributed by atoms with Crippen LogP contribution in [-0.2, 0) is 9.59 Å². The molecule has 1 aromatic carbocycles. The number of nitrogens with one attached hydrogen (secondary N) is 1. The van der Waals surface area contributed by atoms with Crippen LogP contribution in [-0.4, -0.2) is 28.9 Å². The van der Waals surface area contributed by atoms with Crippen LogP contribution in [0.5, 0.6) is 0 Å². The van der Waals surface area contributed by atoms with Crippen LogP contribution < -0.4 is 11.1 Å². The number of primary amides is 1. The zero-order chi connectivity index (χ0) is 14.6. The Balaban J connectivity index is 2.84. The van der Waals surface area contributed by atoms with E-state index in [2.05, 4.69) is 5.32 Å². The molecule has 0 unspecified atom stereocenters. The van der Waals surface area contributed by atoms with Gasteiger partial charge in [0.1, 0.15) is 11.9 Å². The van der Waals surface area contributed by atoms with Crippen LogP contribution in [0.15, 0.2) is 18.2 Å². The monoisotopic (exact) mass is 288 g/mol. The summed E-state index contributed by atoms with van der Waals surface area (Å²) in [5.41, 5.74) is 4.75. The lowest BCUT2D eigenvalue weighted by molar-refractivity contribution is -0.140. The molecular weight excluding hydrogens is 279 g/mol. The highest BCUT2D eigenvalue weighted by atomic mass is 35.5. The van der Waals surface area contributed by atoms with Crippen molar-refractivity contribution in [3.8, 4) is 0 Å². The molecule has 1 aromatic rings. The van der Waals surface area contributed by atoms with Crippen LogP contribution in [0.2, 0.25) is 5.02 Å². The lowest BCUT2D eigenvalue weighted by Gasteiger charge is -2.12. The number of benzene rings is 1. The predicted octanol–water partition coefficient (Wildman–Crippen LogP) is 0.537. The van der Waals surface area contributed by atoms with Crippen molar-refractivity contribution in [3.63, 3.8) is 0 Å². The number of hydrogen-bond donors (Lipinski definition) is 3. The Bertz CT molecular complexity index is 535. The summed E-state index contributed by atoms with van der Waals surface area (Å²) in [4.78, 5) is 33.1. The molecule has 1 rings (SSSR count). The molecule has 0 radical (unpaired) electrons. The Morgan fingerprint density at radius 2 is 2.05 bits per heavy atom. The molecule has 0 bridgehead atoms. The Morgan fingerprint density at radius 1 is 1.42 bits per heavy atom. The van der Waals surface area contributed by atoms with E-state index in [1.165, 1.54) is 6.07 Å². The maximum atomic E-state index is 13.1. The van der Waals surface area contributed by atoms with Gasteiger partial charge in [-0.25, -0.2) is 9.18 Å². The van der Waals surface area contributed by atoms with E-state index in [9.17, 15) is 18.8 Å². The number of carbonyl (C=O) groups excluding carboxylic acids is 2. The van der Waals surface area contributed by atoms with Crippen molar-refractivity contribution >= 4 is 29.4 Å².